The molecular weight excluding hydrogens is 323 g/mol. The van der Waals surface area contributed by atoms with Gasteiger partial charge in [-0.25, -0.2) is 13.2 Å². The monoisotopic (exact) mass is 337 g/mol. The van der Waals surface area contributed by atoms with Crippen LogP contribution in [-0.4, -0.2) is 23.7 Å². The number of aliphatic hydroxyl groups excluding tert-OH is 1. The van der Waals surface area contributed by atoms with Crippen LogP contribution in [0.1, 0.15) is 17.2 Å². The molecule has 2 aromatic carbocycles. The summed E-state index contributed by atoms with van der Waals surface area (Å²) in [6.45, 7) is -0.393. The van der Waals surface area contributed by atoms with E-state index in [1.54, 1.807) is 6.07 Å². The van der Waals surface area contributed by atoms with E-state index in [-0.39, 0.29) is 12.2 Å². The topological polar surface area (TPSA) is 58.6 Å². The third-order valence-electron chi connectivity index (χ3n) is 3.81. The van der Waals surface area contributed by atoms with Gasteiger partial charge in [0.05, 0.1) is 5.56 Å². The molecule has 3 rings (SSSR count). The molecule has 1 amide bonds. The van der Waals surface area contributed by atoms with Crippen LogP contribution in [0.5, 0.6) is 5.75 Å². The lowest BCUT2D eigenvalue weighted by atomic mass is 10.1. The number of hydrogen-bond acceptors (Lipinski definition) is 3. The van der Waals surface area contributed by atoms with E-state index in [2.05, 4.69) is 5.32 Å². The van der Waals surface area contributed by atoms with Crippen molar-refractivity contribution in [3.8, 4) is 5.75 Å². The van der Waals surface area contributed by atoms with Gasteiger partial charge >= 0.3 is 0 Å². The van der Waals surface area contributed by atoms with Crippen molar-refractivity contribution in [3.05, 3.63) is 65.0 Å². The lowest BCUT2D eigenvalue weighted by Crippen LogP contribution is -2.39. The van der Waals surface area contributed by atoms with E-state index in [1.165, 1.54) is 18.2 Å². The maximum atomic E-state index is 13.6. The van der Waals surface area contributed by atoms with Gasteiger partial charge in [0.25, 0.3) is 5.91 Å². The van der Waals surface area contributed by atoms with E-state index in [0.29, 0.717) is 5.56 Å². The first kappa shape index (κ1) is 16.3. The van der Waals surface area contributed by atoms with Gasteiger partial charge in [-0.3, -0.25) is 4.79 Å². The molecule has 2 aromatic rings. The Labute approximate surface area is 135 Å². The number of ether oxygens (including phenoxy) is 1. The van der Waals surface area contributed by atoms with Crippen molar-refractivity contribution in [2.24, 2.45) is 0 Å². The SMILES string of the molecule is O=C(NC[C@@H](O)c1c(F)cccc1F)[C@@H]1Cc2cccc(F)c2O1. The van der Waals surface area contributed by atoms with Crippen LogP contribution in [0.4, 0.5) is 13.2 Å². The number of halogens is 3. The summed E-state index contributed by atoms with van der Waals surface area (Å²) in [4.78, 5) is 12.1. The van der Waals surface area contributed by atoms with Gasteiger partial charge < -0.3 is 15.2 Å². The molecule has 0 aliphatic carbocycles. The number of carbonyl (C=O) groups excluding carboxylic acids is 1. The molecule has 1 aliphatic heterocycles. The van der Waals surface area contributed by atoms with Crippen molar-refractivity contribution in [2.45, 2.75) is 18.6 Å². The first-order valence-electron chi connectivity index (χ1n) is 7.31. The minimum atomic E-state index is -1.55. The Hall–Kier alpha value is -2.54. The van der Waals surface area contributed by atoms with E-state index < -0.39 is 47.7 Å². The number of hydrogen-bond donors (Lipinski definition) is 2. The summed E-state index contributed by atoms with van der Waals surface area (Å²) < 4.78 is 46.0. The summed E-state index contributed by atoms with van der Waals surface area (Å²) in [6, 6.07) is 7.60. The van der Waals surface area contributed by atoms with Gasteiger partial charge in [0.2, 0.25) is 0 Å². The van der Waals surface area contributed by atoms with Gasteiger partial charge in [-0.05, 0) is 18.2 Å². The third kappa shape index (κ3) is 3.07. The first-order valence-corrected chi connectivity index (χ1v) is 7.31. The minimum Gasteiger partial charge on any atom is -0.477 e. The number of benzene rings is 2. The fourth-order valence-corrected chi connectivity index (χ4v) is 2.62. The van der Waals surface area contributed by atoms with Gasteiger partial charge in [-0.15, -0.1) is 0 Å². The summed E-state index contributed by atoms with van der Waals surface area (Å²) in [5.41, 5.74) is 0.0512. The zero-order valence-electron chi connectivity index (χ0n) is 12.4. The number of nitrogens with one attached hydrogen (secondary N) is 1. The van der Waals surface area contributed by atoms with Gasteiger partial charge in [0, 0.05) is 18.5 Å². The number of amides is 1. The fraction of sp³-hybridized carbons (Fsp3) is 0.235. The third-order valence-corrected chi connectivity index (χ3v) is 3.81. The number of aliphatic hydroxyl groups is 1. The van der Waals surface area contributed by atoms with E-state index in [9.17, 15) is 23.1 Å². The number of fused-ring (bicyclic) bond motifs is 1. The highest BCUT2D eigenvalue weighted by Crippen LogP contribution is 2.31. The molecule has 1 heterocycles. The van der Waals surface area contributed by atoms with Crippen molar-refractivity contribution in [2.75, 3.05) is 6.54 Å². The van der Waals surface area contributed by atoms with Crippen LogP contribution in [0.15, 0.2) is 36.4 Å². The Kier molecular flexibility index (Phi) is 4.44. The second-order valence-electron chi connectivity index (χ2n) is 5.43. The molecule has 0 aromatic heterocycles. The molecule has 7 heteroatoms. The highest BCUT2D eigenvalue weighted by Gasteiger charge is 2.31. The van der Waals surface area contributed by atoms with Crippen LogP contribution < -0.4 is 10.1 Å². The minimum absolute atomic E-state index is 0.0262. The van der Waals surface area contributed by atoms with E-state index in [4.69, 9.17) is 4.74 Å². The zero-order valence-corrected chi connectivity index (χ0v) is 12.4. The van der Waals surface area contributed by atoms with Crippen molar-refractivity contribution in [1.82, 2.24) is 5.32 Å². The van der Waals surface area contributed by atoms with Gasteiger partial charge in [-0.1, -0.05) is 18.2 Å². The van der Waals surface area contributed by atoms with Crippen molar-refractivity contribution < 1.29 is 27.8 Å². The quantitative estimate of drug-likeness (QED) is 0.900. The van der Waals surface area contributed by atoms with Gasteiger partial charge in [0.1, 0.15) is 17.7 Å². The van der Waals surface area contributed by atoms with Crippen LogP contribution in [-0.2, 0) is 11.2 Å². The van der Waals surface area contributed by atoms with Crippen LogP contribution in [0.3, 0.4) is 0 Å². The summed E-state index contributed by atoms with van der Waals surface area (Å²) >= 11 is 0. The van der Waals surface area contributed by atoms with Crippen molar-refractivity contribution in [3.63, 3.8) is 0 Å². The molecular formula is C17H14F3NO3. The molecule has 2 atom stereocenters. The highest BCUT2D eigenvalue weighted by molar-refractivity contribution is 5.82. The smallest absolute Gasteiger partial charge is 0.261 e. The highest BCUT2D eigenvalue weighted by atomic mass is 19.1. The standard InChI is InChI=1S/C17H14F3NO3/c18-10-4-2-5-11(19)15(10)13(22)8-21-17(23)14-7-9-3-1-6-12(20)16(9)24-14/h1-6,13-14,22H,7-8H2,(H,21,23)/t13-,14+/m1/s1. The number of carbonyl (C=O) groups is 1. The molecule has 0 saturated carbocycles. The summed E-state index contributed by atoms with van der Waals surface area (Å²) in [5, 5.41) is 12.3. The zero-order chi connectivity index (χ0) is 17.3. The number of rotatable bonds is 4. The summed E-state index contributed by atoms with van der Waals surface area (Å²) in [5.74, 6) is -2.93. The normalized spacial score (nSPS) is 17.1. The van der Waals surface area contributed by atoms with Gasteiger partial charge in [0.15, 0.2) is 17.7 Å². The Morgan fingerprint density at radius 2 is 1.79 bits per heavy atom. The maximum Gasteiger partial charge on any atom is 0.261 e. The summed E-state index contributed by atoms with van der Waals surface area (Å²) in [7, 11) is 0. The van der Waals surface area contributed by atoms with Crippen LogP contribution in [0.2, 0.25) is 0 Å². The summed E-state index contributed by atoms with van der Waals surface area (Å²) in [6.07, 6.45) is -2.31. The molecule has 0 unspecified atom stereocenters. The fourth-order valence-electron chi connectivity index (χ4n) is 2.62. The molecule has 0 saturated heterocycles. The molecule has 24 heavy (non-hydrogen) atoms. The predicted molar refractivity (Wildman–Crippen MR) is 78.8 cm³/mol. The molecule has 2 N–H and O–H groups in total. The Morgan fingerprint density at radius 1 is 1.17 bits per heavy atom. The molecule has 0 bridgehead atoms. The van der Waals surface area contributed by atoms with Crippen LogP contribution in [0.25, 0.3) is 0 Å². The van der Waals surface area contributed by atoms with Crippen molar-refractivity contribution >= 4 is 5.91 Å². The van der Waals surface area contributed by atoms with E-state index in [0.717, 1.165) is 12.1 Å². The predicted octanol–water partition coefficient (Wildman–Crippen LogP) is 2.26. The lowest BCUT2D eigenvalue weighted by Gasteiger charge is -2.16. The van der Waals surface area contributed by atoms with Crippen LogP contribution in [0, 0.1) is 17.5 Å². The maximum absolute atomic E-state index is 13.6. The second kappa shape index (κ2) is 6.52. The Morgan fingerprint density at radius 3 is 2.46 bits per heavy atom. The van der Waals surface area contributed by atoms with E-state index in [1.807, 2.05) is 0 Å². The average molecular weight is 337 g/mol. The van der Waals surface area contributed by atoms with Gasteiger partial charge in [-0.2, -0.15) is 0 Å². The largest absolute Gasteiger partial charge is 0.477 e. The first-order chi connectivity index (χ1) is 11.5. The molecule has 0 fully saturated rings. The second-order valence-corrected chi connectivity index (χ2v) is 5.43. The molecule has 126 valence electrons. The van der Waals surface area contributed by atoms with E-state index >= 15 is 0 Å². The van der Waals surface area contributed by atoms with Crippen LogP contribution >= 0.6 is 0 Å². The Bertz CT molecular complexity index is 761. The van der Waals surface area contributed by atoms with Crippen molar-refractivity contribution in [1.29, 1.82) is 0 Å². The molecule has 1 aliphatic rings. The number of para-hydroxylation sites is 1. The average Bonchev–Trinajstić information content (AvgIpc) is 2.98. The lowest BCUT2D eigenvalue weighted by molar-refractivity contribution is -0.127. The molecule has 4 nitrogen and oxygen atoms in total. The molecule has 0 radical (unpaired) electrons. The molecule has 0 spiro atoms. The Balaban J connectivity index is 1.62.